The van der Waals surface area contributed by atoms with Crippen molar-refractivity contribution in [2.45, 2.75) is 62.2 Å². The highest BCUT2D eigenvalue weighted by molar-refractivity contribution is 6.21. The highest BCUT2D eigenvalue weighted by Gasteiger charge is 2.46. The molecule has 0 radical (unpaired) electrons. The van der Waals surface area contributed by atoms with Crippen LogP contribution in [0.4, 0.5) is 0 Å². The molecule has 0 amide bonds. The van der Waals surface area contributed by atoms with Crippen LogP contribution < -0.4 is 0 Å². The summed E-state index contributed by atoms with van der Waals surface area (Å²) in [6.07, 6.45) is 10.2. The molecule has 11 rings (SSSR count). The van der Waals surface area contributed by atoms with Crippen LogP contribution in [0.25, 0.3) is 66.1 Å². The van der Waals surface area contributed by atoms with Gasteiger partial charge in [0.1, 0.15) is 0 Å². The Balaban J connectivity index is 1.22. The van der Waals surface area contributed by atoms with E-state index in [0.717, 1.165) is 0 Å². The minimum Gasteiger partial charge on any atom is -0.0619 e. The molecule has 0 nitrogen and oxygen atoms in total. The summed E-state index contributed by atoms with van der Waals surface area (Å²) in [5.74, 6) is 0. The van der Waals surface area contributed by atoms with Crippen LogP contribution in [0, 0.1) is 0 Å². The van der Waals surface area contributed by atoms with Crippen LogP contribution in [0.3, 0.4) is 0 Å². The molecule has 0 atom stereocenters. The summed E-state index contributed by atoms with van der Waals surface area (Å²) in [5.41, 5.74) is 17.7. The van der Waals surface area contributed by atoms with Crippen LogP contribution in [-0.2, 0) is 10.8 Å². The second kappa shape index (κ2) is 9.80. The first-order chi connectivity index (χ1) is 23.8. The Labute approximate surface area is 283 Å². The fourth-order valence-electron chi connectivity index (χ4n) is 11.0. The number of benzene rings is 7. The van der Waals surface area contributed by atoms with Gasteiger partial charge in [-0.3, -0.25) is 0 Å². The van der Waals surface area contributed by atoms with Crippen molar-refractivity contribution in [3.63, 3.8) is 0 Å². The van der Waals surface area contributed by atoms with E-state index >= 15 is 0 Å². The topological polar surface area (TPSA) is 0 Å². The van der Waals surface area contributed by atoms with E-state index in [1.165, 1.54) is 117 Å². The van der Waals surface area contributed by atoms with Gasteiger partial charge in [-0.2, -0.15) is 0 Å². The summed E-state index contributed by atoms with van der Waals surface area (Å²) in [6.45, 7) is 0. The van der Waals surface area contributed by atoms with Crippen molar-refractivity contribution in [1.29, 1.82) is 0 Å². The molecule has 7 aromatic rings. The summed E-state index contributed by atoms with van der Waals surface area (Å²) >= 11 is 0. The molecule has 0 bridgehead atoms. The predicted octanol–water partition coefficient (Wildman–Crippen LogP) is 13.0. The van der Waals surface area contributed by atoms with Gasteiger partial charge in [-0.05, 0) is 126 Å². The van der Waals surface area contributed by atoms with E-state index < -0.39 is 0 Å². The lowest BCUT2D eigenvalue weighted by Crippen LogP contribution is -2.20. The van der Waals surface area contributed by atoms with Crippen molar-refractivity contribution >= 4 is 21.5 Å². The lowest BCUT2D eigenvalue weighted by molar-refractivity contribution is 0.550. The molecule has 2 fully saturated rings. The van der Waals surface area contributed by atoms with Crippen LogP contribution in [0.2, 0.25) is 0 Å². The third-order valence-electron chi connectivity index (χ3n) is 13.0. The van der Waals surface area contributed by atoms with Crippen molar-refractivity contribution < 1.29 is 0 Å². The lowest BCUT2D eigenvalue weighted by atomic mass is 9.75. The monoisotopic (exact) mass is 614 g/mol. The highest BCUT2D eigenvalue weighted by Crippen LogP contribution is 2.60. The fraction of sp³-hybridized carbons (Fsp3) is 0.208. The third-order valence-corrected chi connectivity index (χ3v) is 13.0. The maximum absolute atomic E-state index is 2.61. The van der Waals surface area contributed by atoms with Crippen LogP contribution in [0.5, 0.6) is 0 Å². The first kappa shape index (κ1) is 27.1. The quantitative estimate of drug-likeness (QED) is 0.170. The van der Waals surface area contributed by atoms with Gasteiger partial charge in [-0.1, -0.05) is 147 Å². The van der Waals surface area contributed by atoms with E-state index in [4.69, 9.17) is 0 Å². The molecule has 0 saturated heterocycles. The molecule has 4 aliphatic carbocycles. The van der Waals surface area contributed by atoms with Crippen LogP contribution in [0.1, 0.15) is 73.6 Å². The van der Waals surface area contributed by atoms with Gasteiger partial charge in [-0.25, -0.2) is 0 Å². The summed E-state index contributed by atoms with van der Waals surface area (Å²) in [5, 5.41) is 5.38. The molecule has 0 heterocycles. The largest absolute Gasteiger partial charge is 0.0619 e. The second-order valence-corrected chi connectivity index (χ2v) is 15.0. The van der Waals surface area contributed by atoms with Crippen LogP contribution in [-0.4, -0.2) is 0 Å². The summed E-state index contributed by atoms with van der Waals surface area (Å²) in [6, 6.07) is 51.8. The molecule has 2 saturated carbocycles. The smallest absolute Gasteiger partial charge is 0.0215 e. The van der Waals surface area contributed by atoms with Gasteiger partial charge in [0.25, 0.3) is 0 Å². The Bertz CT molecular complexity index is 2290. The number of fused-ring (bicyclic) bond motifs is 13. The second-order valence-electron chi connectivity index (χ2n) is 15.0. The van der Waals surface area contributed by atoms with Gasteiger partial charge in [0.2, 0.25) is 0 Å². The predicted molar refractivity (Wildman–Crippen MR) is 202 cm³/mol. The number of hydrogen-bond donors (Lipinski definition) is 0. The average Bonchev–Trinajstić information content (AvgIpc) is 3.95. The number of hydrogen-bond acceptors (Lipinski definition) is 0. The van der Waals surface area contributed by atoms with Crippen molar-refractivity contribution in [2.75, 3.05) is 0 Å². The van der Waals surface area contributed by atoms with Crippen molar-refractivity contribution in [1.82, 2.24) is 0 Å². The Kier molecular flexibility index (Phi) is 5.52. The van der Waals surface area contributed by atoms with Gasteiger partial charge < -0.3 is 0 Å². The van der Waals surface area contributed by atoms with Crippen molar-refractivity contribution in [3.8, 4) is 44.5 Å². The zero-order valence-corrected chi connectivity index (χ0v) is 27.4. The SMILES string of the molecule is c1ccc2c(c1)-c1ccc(-c3c(-c4ccc5c(c4)C4(CCCC4)c4ccccc4-5)c4ccccc4c4ccccc34)cc1C21CCCC1. The van der Waals surface area contributed by atoms with Gasteiger partial charge in [0.15, 0.2) is 0 Å². The van der Waals surface area contributed by atoms with Crippen molar-refractivity contribution in [3.05, 3.63) is 156 Å². The molecule has 0 unspecified atom stereocenters. The fourth-order valence-corrected chi connectivity index (χ4v) is 11.0. The van der Waals surface area contributed by atoms with E-state index in [1.807, 2.05) is 0 Å². The Morgan fingerprint density at radius 1 is 0.312 bits per heavy atom. The van der Waals surface area contributed by atoms with E-state index in [9.17, 15) is 0 Å². The summed E-state index contributed by atoms with van der Waals surface area (Å²) in [4.78, 5) is 0. The van der Waals surface area contributed by atoms with E-state index in [0.29, 0.717) is 0 Å². The molecular weight excluding hydrogens is 577 g/mol. The van der Waals surface area contributed by atoms with E-state index in [1.54, 1.807) is 22.3 Å². The Morgan fingerprint density at radius 3 is 1.10 bits per heavy atom. The van der Waals surface area contributed by atoms with Crippen molar-refractivity contribution in [2.24, 2.45) is 0 Å². The minimum atomic E-state index is 0.142. The summed E-state index contributed by atoms with van der Waals surface area (Å²) in [7, 11) is 0. The standard InChI is InChI=1S/C48H38/c1-3-17-39-33(13-1)34-14-2-4-18-40(34)46(32-22-24-38-36-16-6-8-20-42(36)48(44(38)30-32)27-11-12-28-48)45(39)31-21-23-37-35-15-5-7-19-41(35)47(43(37)29-31)25-9-10-26-47/h1-8,13-24,29-30H,9-12,25-28H2. The third kappa shape index (κ3) is 3.41. The molecule has 7 aromatic carbocycles. The Hall–Kier alpha value is -4.94. The lowest BCUT2D eigenvalue weighted by Gasteiger charge is -2.28. The number of rotatable bonds is 2. The molecule has 2 spiro atoms. The molecule has 230 valence electrons. The highest BCUT2D eigenvalue weighted by atomic mass is 14.5. The molecule has 4 aliphatic rings. The van der Waals surface area contributed by atoms with E-state index in [-0.39, 0.29) is 10.8 Å². The van der Waals surface area contributed by atoms with Crippen LogP contribution >= 0.6 is 0 Å². The van der Waals surface area contributed by atoms with E-state index in [2.05, 4.69) is 133 Å². The molecule has 0 N–H and O–H groups in total. The first-order valence-corrected chi connectivity index (χ1v) is 18.2. The molecular formula is C48H38. The molecule has 0 aromatic heterocycles. The first-order valence-electron chi connectivity index (χ1n) is 18.2. The summed E-state index contributed by atoms with van der Waals surface area (Å²) < 4.78 is 0. The Morgan fingerprint density at radius 2 is 0.667 bits per heavy atom. The maximum Gasteiger partial charge on any atom is 0.0215 e. The minimum absolute atomic E-state index is 0.142. The van der Waals surface area contributed by atoms with Gasteiger partial charge in [-0.15, -0.1) is 0 Å². The molecule has 0 heteroatoms. The van der Waals surface area contributed by atoms with Gasteiger partial charge in [0, 0.05) is 10.8 Å². The average molecular weight is 615 g/mol. The zero-order valence-electron chi connectivity index (χ0n) is 27.4. The zero-order chi connectivity index (χ0) is 31.5. The normalized spacial score (nSPS) is 17.7. The van der Waals surface area contributed by atoms with Gasteiger partial charge in [0.05, 0.1) is 0 Å². The van der Waals surface area contributed by atoms with Crippen LogP contribution in [0.15, 0.2) is 133 Å². The maximum atomic E-state index is 2.61. The molecule has 48 heavy (non-hydrogen) atoms. The molecule has 0 aliphatic heterocycles. The van der Waals surface area contributed by atoms with Gasteiger partial charge >= 0.3 is 0 Å².